The Morgan fingerprint density at radius 2 is 2.31 bits per heavy atom. The molecule has 1 nitrogen and oxygen atoms in total. The first-order valence-corrected chi connectivity index (χ1v) is 5.27. The molecule has 0 saturated carbocycles. The molecule has 1 rings (SSSR count). The number of alkyl halides is 1. The molecule has 0 heterocycles. The van der Waals surface area contributed by atoms with Crippen molar-refractivity contribution in [2.24, 2.45) is 0 Å². The van der Waals surface area contributed by atoms with Crippen LogP contribution in [0.1, 0.15) is 11.1 Å². The molecule has 0 spiro atoms. The maximum absolute atomic E-state index is 3.27. The monoisotopic (exact) mass is 237 g/mol. The van der Waals surface area contributed by atoms with Crippen LogP contribution in [0.2, 0.25) is 0 Å². The molecular formula is C11H12BrN. The molecule has 0 fully saturated rings. The minimum atomic E-state index is 0.725. The highest BCUT2D eigenvalue weighted by molar-refractivity contribution is 9.09. The number of hydrogen-bond donors (Lipinski definition) is 1. The molecule has 68 valence electrons. The van der Waals surface area contributed by atoms with Gasteiger partial charge in [-0.05, 0) is 24.7 Å². The van der Waals surface area contributed by atoms with Gasteiger partial charge in [-0.2, -0.15) is 0 Å². The Bertz CT molecular complexity index is 322. The molecule has 0 radical (unpaired) electrons. The van der Waals surface area contributed by atoms with E-state index in [0.717, 1.165) is 17.4 Å². The lowest BCUT2D eigenvalue weighted by Gasteiger charge is -1.99. The topological polar surface area (TPSA) is 12.0 Å². The summed E-state index contributed by atoms with van der Waals surface area (Å²) < 4.78 is 0. The molecule has 1 aromatic carbocycles. The van der Waals surface area contributed by atoms with Gasteiger partial charge in [-0.3, -0.25) is 0 Å². The zero-order valence-corrected chi connectivity index (χ0v) is 9.19. The molecule has 0 atom stereocenters. The van der Waals surface area contributed by atoms with Gasteiger partial charge in [0, 0.05) is 12.1 Å². The van der Waals surface area contributed by atoms with E-state index >= 15 is 0 Å². The van der Waals surface area contributed by atoms with Gasteiger partial charge in [-0.15, -0.1) is 0 Å². The molecule has 13 heavy (non-hydrogen) atoms. The number of benzene rings is 1. The van der Waals surface area contributed by atoms with E-state index in [9.17, 15) is 0 Å². The van der Waals surface area contributed by atoms with E-state index in [1.165, 1.54) is 5.56 Å². The number of halogens is 1. The smallest absolute Gasteiger partial charge is 0.0649 e. The van der Waals surface area contributed by atoms with Gasteiger partial charge in [-0.25, -0.2) is 0 Å². The fourth-order valence-electron chi connectivity index (χ4n) is 1.10. The van der Waals surface area contributed by atoms with Crippen molar-refractivity contribution in [3.05, 3.63) is 35.4 Å². The summed E-state index contributed by atoms with van der Waals surface area (Å²) in [7, 11) is 1.94. The van der Waals surface area contributed by atoms with Gasteiger partial charge in [0.15, 0.2) is 0 Å². The predicted molar refractivity (Wildman–Crippen MR) is 59.9 cm³/mol. The van der Waals surface area contributed by atoms with Crippen molar-refractivity contribution < 1.29 is 0 Å². The average molecular weight is 238 g/mol. The summed E-state index contributed by atoms with van der Waals surface area (Å²) >= 11 is 3.27. The van der Waals surface area contributed by atoms with E-state index in [0.29, 0.717) is 0 Å². The second-order valence-electron chi connectivity index (χ2n) is 2.67. The van der Waals surface area contributed by atoms with Crippen molar-refractivity contribution in [1.82, 2.24) is 5.32 Å². The van der Waals surface area contributed by atoms with E-state index in [4.69, 9.17) is 0 Å². The van der Waals surface area contributed by atoms with Gasteiger partial charge < -0.3 is 5.32 Å². The molecule has 1 N–H and O–H groups in total. The number of rotatable bonds is 2. The normalized spacial score (nSPS) is 9.08. The molecular weight excluding hydrogens is 226 g/mol. The lowest BCUT2D eigenvalue weighted by molar-refractivity contribution is 0.817. The van der Waals surface area contributed by atoms with Crippen molar-refractivity contribution in [1.29, 1.82) is 0 Å². The molecule has 0 aliphatic rings. The van der Waals surface area contributed by atoms with Crippen LogP contribution in [0, 0.1) is 11.8 Å². The maximum atomic E-state index is 3.27. The van der Waals surface area contributed by atoms with Crippen molar-refractivity contribution in [3.63, 3.8) is 0 Å². The molecule has 0 aromatic heterocycles. The fourth-order valence-corrected chi connectivity index (χ4v) is 1.24. The maximum Gasteiger partial charge on any atom is 0.0649 e. The summed E-state index contributed by atoms with van der Waals surface area (Å²) in [6.07, 6.45) is 0. The largest absolute Gasteiger partial charge is 0.316 e. The van der Waals surface area contributed by atoms with Crippen molar-refractivity contribution in [2.45, 2.75) is 6.54 Å². The van der Waals surface area contributed by atoms with Crippen LogP contribution >= 0.6 is 15.9 Å². The summed E-state index contributed by atoms with van der Waals surface area (Å²) in [5.41, 5.74) is 2.34. The average Bonchev–Trinajstić information content (AvgIpc) is 2.16. The summed E-state index contributed by atoms with van der Waals surface area (Å²) in [6, 6.07) is 8.25. The lowest BCUT2D eigenvalue weighted by atomic mass is 10.1. The van der Waals surface area contributed by atoms with Crippen molar-refractivity contribution >= 4 is 15.9 Å². The first-order chi connectivity index (χ1) is 6.36. The SMILES string of the molecule is CNCc1cccc(C#CCBr)c1. The van der Waals surface area contributed by atoms with Gasteiger partial charge in [-0.1, -0.05) is 39.9 Å². The molecule has 2 heteroatoms. The zero-order valence-electron chi connectivity index (χ0n) is 7.60. The molecule has 0 unspecified atom stereocenters. The lowest BCUT2D eigenvalue weighted by Crippen LogP contribution is -2.04. The Labute approximate surface area is 87.7 Å². The molecule has 1 aromatic rings. The van der Waals surface area contributed by atoms with Gasteiger partial charge in [0.2, 0.25) is 0 Å². The Hall–Kier alpha value is -0.780. The number of nitrogens with one attached hydrogen (secondary N) is 1. The second kappa shape index (κ2) is 5.80. The van der Waals surface area contributed by atoms with Crippen LogP contribution < -0.4 is 5.32 Å². The van der Waals surface area contributed by atoms with E-state index in [1.807, 2.05) is 19.2 Å². The van der Waals surface area contributed by atoms with E-state index < -0.39 is 0 Å². The quantitative estimate of drug-likeness (QED) is 0.615. The highest BCUT2D eigenvalue weighted by atomic mass is 79.9. The summed E-state index contributed by atoms with van der Waals surface area (Å²) in [5, 5.41) is 3.84. The first kappa shape index (κ1) is 10.3. The third-order valence-corrected chi connectivity index (χ3v) is 1.89. The minimum Gasteiger partial charge on any atom is -0.316 e. The zero-order chi connectivity index (χ0) is 9.52. The first-order valence-electron chi connectivity index (χ1n) is 4.15. The Morgan fingerprint density at radius 3 is 3.00 bits per heavy atom. The summed E-state index contributed by atoms with van der Waals surface area (Å²) in [4.78, 5) is 0. The van der Waals surface area contributed by atoms with Gasteiger partial charge in [0.05, 0.1) is 5.33 Å². The third kappa shape index (κ3) is 3.63. The van der Waals surface area contributed by atoms with Crippen LogP contribution in [0.5, 0.6) is 0 Å². The second-order valence-corrected chi connectivity index (χ2v) is 3.23. The predicted octanol–water partition coefficient (Wildman–Crippen LogP) is 2.15. The summed E-state index contributed by atoms with van der Waals surface area (Å²) in [6.45, 7) is 0.893. The van der Waals surface area contributed by atoms with Crippen LogP contribution in [0.4, 0.5) is 0 Å². The third-order valence-electron chi connectivity index (χ3n) is 1.61. The molecule has 0 aliphatic heterocycles. The summed E-state index contributed by atoms with van der Waals surface area (Å²) in [5.74, 6) is 6.05. The Morgan fingerprint density at radius 1 is 1.46 bits per heavy atom. The Balaban J connectivity index is 2.79. The van der Waals surface area contributed by atoms with Gasteiger partial charge in [0.25, 0.3) is 0 Å². The standard InChI is InChI=1S/C11H12BrN/c1-13-9-11-5-2-4-10(8-11)6-3-7-12/h2,4-5,8,13H,7,9H2,1H3. The van der Waals surface area contributed by atoms with Crippen molar-refractivity contribution in [3.8, 4) is 11.8 Å². The van der Waals surface area contributed by atoms with E-state index in [2.05, 4.69) is 45.2 Å². The molecule has 0 aliphatic carbocycles. The highest BCUT2D eigenvalue weighted by Crippen LogP contribution is 2.03. The van der Waals surface area contributed by atoms with Crippen LogP contribution in [-0.2, 0) is 6.54 Å². The van der Waals surface area contributed by atoms with Crippen LogP contribution in [0.15, 0.2) is 24.3 Å². The van der Waals surface area contributed by atoms with E-state index in [-0.39, 0.29) is 0 Å². The van der Waals surface area contributed by atoms with Gasteiger partial charge in [0.1, 0.15) is 0 Å². The minimum absolute atomic E-state index is 0.725. The van der Waals surface area contributed by atoms with Crippen LogP contribution in [-0.4, -0.2) is 12.4 Å². The molecule has 0 saturated heterocycles. The van der Waals surface area contributed by atoms with Crippen molar-refractivity contribution in [2.75, 3.05) is 12.4 Å². The number of hydrogen-bond acceptors (Lipinski definition) is 1. The highest BCUT2D eigenvalue weighted by Gasteiger charge is 1.90. The van der Waals surface area contributed by atoms with Gasteiger partial charge >= 0.3 is 0 Å². The van der Waals surface area contributed by atoms with E-state index in [1.54, 1.807) is 0 Å². The van der Waals surface area contributed by atoms with Crippen LogP contribution in [0.25, 0.3) is 0 Å². The van der Waals surface area contributed by atoms with Crippen LogP contribution in [0.3, 0.4) is 0 Å². The molecule has 0 bridgehead atoms. The fraction of sp³-hybridized carbons (Fsp3) is 0.273. The molecule has 0 amide bonds. The Kier molecular flexibility index (Phi) is 4.59.